The van der Waals surface area contributed by atoms with Crippen molar-refractivity contribution in [1.29, 1.82) is 0 Å². The maximum atomic E-state index is 10.5. The van der Waals surface area contributed by atoms with Gasteiger partial charge in [0.15, 0.2) is 0 Å². The van der Waals surface area contributed by atoms with Crippen LogP contribution in [0, 0.1) is 0 Å². The van der Waals surface area contributed by atoms with E-state index in [0.717, 1.165) is 24.4 Å². The first kappa shape index (κ1) is 18.7. The maximum Gasteiger partial charge on any atom is 0.128 e. The van der Waals surface area contributed by atoms with Crippen LogP contribution < -0.4 is 9.47 Å². The van der Waals surface area contributed by atoms with Gasteiger partial charge in [0, 0.05) is 24.7 Å². The van der Waals surface area contributed by atoms with Gasteiger partial charge >= 0.3 is 0 Å². The molecule has 0 amide bonds. The number of aliphatic hydroxyl groups is 2. The van der Waals surface area contributed by atoms with E-state index in [9.17, 15) is 5.11 Å². The second-order valence-electron chi connectivity index (χ2n) is 5.03. The molecule has 0 heterocycles. The molecule has 22 heavy (non-hydrogen) atoms. The zero-order valence-corrected chi connectivity index (χ0v) is 13.9. The summed E-state index contributed by atoms with van der Waals surface area (Å²) in [5, 5.41) is 19.5. The third-order valence-corrected chi connectivity index (χ3v) is 3.54. The van der Waals surface area contributed by atoms with Gasteiger partial charge in [0.25, 0.3) is 0 Å². The topological polar surface area (TPSA) is 62.2 Å². The average molecular weight is 311 g/mol. The van der Waals surface area contributed by atoms with Crippen molar-refractivity contribution in [3.8, 4) is 11.5 Å². The van der Waals surface area contributed by atoms with Crippen molar-refractivity contribution in [2.45, 2.75) is 33.3 Å². The third kappa shape index (κ3) is 5.83. The number of aliphatic hydroxyl groups excluding tert-OH is 2. The standard InChI is InChI=1S/C17H29NO4/c1-4-18(11-12-19)10-9-16(20)15-8-7-14(21-5-2)13-17(15)22-6-3/h7-8,13,16,19-20H,4-6,9-12H2,1-3H3. The minimum Gasteiger partial charge on any atom is -0.494 e. The number of hydrogen-bond donors (Lipinski definition) is 2. The average Bonchev–Trinajstić information content (AvgIpc) is 2.52. The largest absolute Gasteiger partial charge is 0.494 e. The first-order valence-corrected chi connectivity index (χ1v) is 8.06. The number of nitrogens with zero attached hydrogens (tertiary/aromatic N) is 1. The van der Waals surface area contributed by atoms with Crippen LogP contribution in [0.15, 0.2) is 18.2 Å². The molecule has 0 bridgehead atoms. The smallest absolute Gasteiger partial charge is 0.128 e. The second kappa shape index (κ2) is 10.4. The fourth-order valence-corrected chi connectivity index (χ4v) is 2.36. The Balaban J connectivity index is 2.75. The molecule has 0 fully saturated rings. The van der Waals surface area contributed by atoms with Crippen molar-refractivity contribution < 1.29 is 19.7 Å². The van der Waals surface area contributed by atoms with E-state index in [2.05, 4.69) is 4.90 Å². The molecule has 0 saturated heterocycles. The van der Waals surface area contributed by atoms with Crippen LogP contribution in [0.2, 0.25) is 0 Å². The van der Waals surface area contributed by atoms with E-state index in [1.807, 2.05) is 39.0 Å². The van der Waals surface area contributed by atoms with Gasteiger partial charge in [-0.15, -0.1) is 0 Å². The second-order valence-corrected chi connectivity index (χ2v) is 5.03. The Morgan fingerprint density at radius 3 is 2.41 bits per heavy atom. The van der Waals surface area contributed by atoms with Crippen molar-refractivity contribution in [3.63, 3.8) is 0 Å². The van der Waals surface area contributed by atoms with Gasteiger partial charge in [-0.25, -0.2) is 0 Å². The fraction of sp³-hybridized carbons (Fsp3) is 0.647. The van der Waals surface area contributed by atoms with Crippen LogP contribution in [0.3, 0.4) is 0 Å². The molecule has 5 nitrogen and oxygen atoms in total. The molecule has 1 rings (SSSR count). The predicted molar refractivity (Wildman–Crippen MR) is 87.6 cm³/mol. The molecule has 0 saturated carbocycles. The first-order chi connectivity index (χ1) is 10.7. The van der Waals surface area contributed by atoms with Crippen LogP contribution in [0.4, 0.5) is 0 Å². The highest BCUT2D eigenvalue weighted by Gasteiger charge is 2.16. The lowest BCUT2D eigenvalue weighted by atomic mass is 10.0. The summed E-state index contributed by atoms with van der Waals surface area (Å²) in [7, 11) is 0. The molecular weight excluding hydrogens is 282 g/mol. The van der Waals surface area contributed by atoms with E-state index >= 15 is 0 Å². The molecule has 5 heteroatoms. The monoisotopic (exact) mass is 311 g/mol. The molecule has 0 aliphatic rings. The van der Waals surface area contributed by atoms with Crippen molar-refractivity contribution >= 4 is 0 Å². The third-order valence-electron chi connectivity index (χ3n) is 3.54. The van der Waals surface area contributed by atoms with E-state index in [1.54, 1.807) is 0 Å². The molecule has 1 unspecified atom stereocenters. The van der Waals surface area contributed by atoms with Crippen molar-refractivity contribution in [3.05, 3.63) is 23.8 Å². The van der Waals surface area contributed by atoms with E-state index in [-0.39, 0.29) is 6.61 Å². The summed E-state index contributed by atoms with van der Waals surface area (Å²) in [4.78, 5) is 2.11. The summed E-state index contributed by atoms with van der Waals surface area (Å²) in [5.41, 5.74) is 0.783. The van der Waals surface area contributed by atoms with Crippen LogP contribution in [0.1, 0.15) is 38.9 Å². The summed E-state index contributed by atoms with van der Waals surface area (Å²) in [5.74, 6) is 1.42. The highest BCUT2D eigenvalue weighted by molar-refractivity contribution is 5.42. The number of hydrogen-bond acceptors (Lipinski definition) is 5. The van der Waals surface area contributed by atoms with Crippen molar-refractivity contribution in [1.82, 2.24) is 4.90 Å². The van der Waals surface area contributed by atoms with E-state index < -0.39 is 6.10 Å². The Labute approximate surface area is 133 Å². The van der Waals surface area contributed by atoms with Gasteiger partial charge in [0.2, 0.25) is 0 Å². The summed E-state index contributed by atoms with van der Waals surface area (Å²) >= 11 is 0. The van der Waals surface area contributed by atoms with Crippen LogP contribution in [0.5, 0.6) is 11.5 Å². The number of benzene rings is 1. The fourth-order valence-electron chi connectivity index (χ4n) is 2.36. The normalized spacial score (nSPS) is 12.5. The molecule has 1 aromatic rings. The molecule has 126 valence electrons. The zero-order chi connectivity index (χ0) is 16.4. The minimum atomic E-state index is -0.593. The summed E-state index contributed by atoms with van der Waals surface area (Å²) in [6.45, 7) is 9.40. The van der Waals surface area contributed by atoms with Gasteiger partial charge in [-0.05, 0) is 38.9 Å². The number of likely N-dealkylation sites (N-methyl/N-ethyl adjacent to an activating group) is 1. The van der Waals surface area contributed by atoms with Gasteiger partial charge in [-0.2, -0.15) is 0 Å². The molecule has 0 spiro atoms. The Kier molecular flexibility index (Phi) is 8.89. The van der Waals surface area contributed by atoms with E-state index in [0.29, 0.717) is 31.9 Å². The van der Waals surface area contributed by atoms with Crippen LogP contribution in [0.25, 0.3) is 0 Å². The maximum absolute atomic E-state index is 10.5. The minimum absolute atomic E-state index is 0.136. The lowest BCUT2D eigenvalue weighted by molar-refractivity contribution is 0.130. The molecule has 0 aromatic heterocycles. The van der Waals surface area contributed by atoms with E-state index in [1.165, 1.54) is 0 Å². The summed E-state index contributed by atoms with van der Waals surface area (Å²) in [6, 6.07) is 5.55. The van der Waals surface area contributed by atoms with Gasteiger partial charge < -0.3 is 24.6 Å². The van der Waals surface area contributed by atoms with Gasteiger partial charge in [0.1, 0.15) is 11.5 Å². The Morgan fingerprint density at radius 2 is 1.82 bits per heavy atom. The molecule has 0 radical (unpaired) electrons. The molecule has 1 aromatic carbocycles. The van der Waals surface area contributed by atoms with Gasteiger partial charge in [-0.1, -0.05) is 6.92 Å². The lowest BCUT2D eigenvalue weighted by Crippen LogP contribution is -2.28. The highest BCUT2D eigenvalue weighted by Crippen LogP contribution is 2.31. The number of ether oxygens (including phenoxy) is 2. The predicted octanol–water partition coefficient (Wildman–Crippen LogP) is 2.22. The molecule has 0 aliphatic heterocycles. The van der Waals surface area contributed by atoms with Gasteiger partial charge in [0.05, 0.1) is 25.9 Å². The molecule has 2 N–H and O–H groups in total. The molecule has 0 aliphatic carbocycles. The Hall–Kier alpha value is -1.30. The van der Waals surface area contributed by atoms with Crippen molar-refractivity contribution in [2.24, 2.45) is 0 Å². The summed E-state index contributed by atoms with van der Waals surface area (Å²) < 4.78 is 11.1. The van der Waals surface area contributed by atoms with Crippen molar-refractivity contribution in [2.75, 3.05) is 39.5 Å². The quantitative estimate of drug-likeness (QED) is 0.656. The lowest BCUT2D eigenvalue weighted by Gasteiger charge is -2.22. The first-order valence-electron chi connectivity index (χ1n) is 8.06. The zero-order valence-electron chi connectivity index (χ0n) is 13.9. The van der Waals surface area contributed by atoms with Crippen LogP contribution in [-0.2, 0) is 0 Å². The molecular formula is C17H29NO4. The summed E-state index contributed by atoms with van der Waals surface area (Å²) in [6.07, 6.45) is 0.00648. The van der Waals surface area contributed by atoms with Gasteiger partial charge in [-0.3, -0.25) is 0 Å². The molecule has 1 atom stereocenters. The Bertz CT molecular complexity index is 425. The Morgan fingerprint density at radius 1 is 1.09 bits per heavy atom. The van der Waals surface area contributed by atoms with E-state index in [4.69, 9.17) is 14.6 Å². The van der Waals surface area contributed by atoms with Crippen LogP contribution >= 0.6 is 0 Å². The number of rotatable bonds is 11. The van der Waals surface area contributed by atoms with Crippen LogP contribution in [-0.4, -0.2) is 54.6 Å². The SMILES string of the molecule is CCOc1ccc(C(O)CCN(CC)CCO)c(OCC)c1. The highest BCUT2D eigenvalue weighted by atomic mass is 16.5.